The van der Waals surface area contributed by atoms with E-state index in [9.17, 15) is 14.7 Å². The monoisotopic (exact) mass is 595 g/mol. The summed E-state index contributed by atoms with van der Waals surface area (Å²) in [5, 5.41) is 20.3. The molecule has 9 heteroatoms. The molecule has 0 saturated carbocycles. The molecule has 0 fully saturated rings. The lowest BCUT2D eigenvalue weighted by atomic mass is 10.0. The number of ether oxygens (including phenoxy) is 2. The van der Waals surface area contributed by atoms with Crippen LogP contribution in [0.25, 0.3) is 23.1 Å². The fourth-order valence-electron chi connectivity index (χ4n) is 4.55. The summed E-state index contributed by atoms with van der Waals surface area (Å²) in [4.78, 5) is 22.5. The number of carboxylic acid groups (broad SMARTS) is 2. The van der Waals surface area contributed by atoms with Gasteiger partial charge in [-0.05, 0) is 66.6 Å². The van der Waals surface area contributed by atoms with Gasteiger partial charge in [0.05, 0.1) is 28.8 Å². The summed E-state index contributed by atoms with van der Waals surface area (Å²) in [6, 6.07) is 18.8. The van der Waals surface area contributed by atoms with Gasteiger partial charge >= 0.3 is 11.9 Å². The summed E-state index contributed by atoms with van der Waals surface area (Å²) in [6.07, 6.45) is 8.47. The summed E-state index contributed by atoms with van der Waals surface area (Å²) in [7, 11) is 0. The molecule has 4 aromatic rings. The molecule has 7 nitrogen and oxygen atoms in total. The second-order valence-electron chi connectivity index (χ2n) is 9.52. The summed E-state index contributed by atoms with van der Waals surface area (Å²) in [6.45, 7) is 0.862. The number of aromatic nitrogens is 1. The van der Waals surface area contributed by atoms with Crippen molar-refractivity contribution in [2.45, 2.75) is 38.6 Å². The van der Waals surface area contributed by atoms with Gasteiger partial charge in [0.1, 0.15) is 12.3 Å². The molecule has 0 atom stereocenters. The van der Waals surface area contributed by atoms with Crippen LogP contribution >= 0.6 is 23.2 Å². The molecule has 3 aromatic carbocycles. The number of para-hydroxylation sites is 2. The molecule has 0 spiro atoms. The molecule has 2 N–H and O–H groups in total. The molecule has 4 rings (SSSR count). The zero-order valence-electron chi connectivity index (χ0n) is 22.4. The Bertz CT molecular complexity index is 1510. The first-order chi connectivity index (χ1) is 19.8. The molecule has 0 amide bonds. The van der Waals surface area contributed by atoms with E-state index in [1.165, 1.54) is 0 Å². The standard InChI is InChI=1S/C32H31Cl2NO6/c33-27-9-5-10-28(34)32(27)41-19-2-1-18-40-25-16-13-22(14-17-25)12-15-23-6-3-8-26-24(7-4-11-29(36)37)20-35(31(23)26)21-30(38)39/h3,5-6,8-10,12-17,20H,1-2,4,7,11,18-19,21H2,(H,36,37)(H,38,39)/b15-12+. The number of aliphatic carboxylic acids is 2. The van der Waals surface area contributed by atoms with Gasteiger partial charge in [-0.3, -0.25) is 9.59 Å². The van der Waals surface area contributed by atoms with Crippen LogP contribution in [0.1, 0.15) is 42.4 Å². The maximum absolute atomic E-state index is 11.5. The number of hydrogen-bond acceptors (Lipinski definition) is 4. The smallest absolute Gasteiger partial charge is 0.323 e. The van der Waals surface area contributed by atoms with Crippen molar-refractivity contribution >= 4 is 58.2 Å². The van der Waals surface area contributed by atoms with Gasteiger partial charge in [-0.25, -0.2) is 0 Å². The predicted octanol–water partition coefficient (Wildman–Crippen LogP) is 7.85. The van der Waals surface area contributed by atoms with E-state index in [0.717, 1.165) is 46.2 Å². The third-order valence-corrected chi connectivity index (χ3v) is 7.06. The summed E-state index contributed by atoms with van der Waals surface area (Å²) >= 11 is 12.2. The van der Waals surface area contributed by atoms with Crippen LogP contribution in [0.15, 0.2) is 66.9 Å². The predicted molar refractivity (Wildman–Crippen MR) is 162 cm³/mol. The van der Waals surface area contributed by atoms with Gasteiger partial charge in [-0.2, -0.15) is 0 Å². The first-order valence-corrected chi connectivity index (χ1v) is 14.1. The summed E-state index contributed by atoms with van der Waals surface area (Å²) in [5.74, 6) is -0.515. The van der Waals surface area contributed by atoms with Crippen molar-refractivity contribution in [1.29, 1.82) is 0 Å². The number of unbranched alkanes of at least 4 members (excludes halogenated alkanes) is 1. The lowest BCUT2D eigenvalue weighted by Gasteiger charge is -2.10. The lowest BCUT2D eigenvalue weighted by molar-refractivity contribution is -0.138. The van der Waals surface area contributed by atoms with E-state index in [2.05, 4.69) is 0 Å². The highest BCUT2D eigenvalue weighted by Gasteiger charge is 2.14. The molecule has 0 saturated heterocycles. The number of nitrogens with zero attached hydrogens (tertiary/aromatic N) is 1. The largest absolute Gasteiger partial charge is 0.494 e. The first kappa shape index (κ1) is 30.0. The topological polar surface area (TPSA) is 98.0 Å². The average molecular weight is 597 g/mol. The van der Waals surface area contributed by atoms with E-state index >= 15 is 0 Å². The fraction of sp³-hybridized carbons (Fsp3) is 0.250. The molecule has 0 aliphatic heterocycles. The van der Waals surface area contributed by atoms with E-state index in [4.69, 9.17) is 37.8 Å². The molecule has 0 unspecified atom stereocenters. The highest BCUT2D eigenvalue weighted by Crippen LogP contribution is 2.32. The van der Waals surface area contributed by atoms with E-state index in [0.29, 0.717) is 41.9 Å². The fourth-order valence-corrected chi connectivity index (χ4v) is 5.05. The minimum Gasteiger partial charge on any atom is -0.494 e. The summed E-state index contributed by atoms with van der Waals surface area (Å²) < 4.78 is 13.3. The number of carboxylic acids is 2. The molecule has 1 heterocycles. The van der Waals surface area contributed by atoms with Crippen LogP contribution < -0.4 is 9.47 Å². The summed E-state index contributed by atoms with van der Waals surface area (Å²) in [5.41, 5.74) is 3.61. The molecule has 0 radical (unpaired) electrons. The Balaban J connectivity index is 1.34. The number of benzene rings is 3. The molecule has 1 aromatic heterocycles. The van der Waals surface area contributed by atoms with E-state index in [1.807, 2.05) is 60.8 Å². The van der Waals surface area contributed by atoms with Crippen LogP contribution in [0.4, 0.5) is 0 Å². The maximum atomic E-state index is 11.5. The molecule has 214 valence electrons. The third-order valence-electron chi connectivity index (χ3n) is 6.46. The molecule has 0 bridgehead atoms. The van der Waals surface area contributed by atoms with Crippen LogP contribution in [0.3, 0.4) is 0 Å². The van der Waals surface area contributed by atoms with Crippen molar-refractivity contribution in [3.8, 4) is 11.5 Å². The Labute approximate surface area is 248 Å². The van der Waals surface area contributed by atoms with E-state index < -0.39 is 11.9 Å². The minimum absolute atomic E-state index is 0.0677. The molecule has 0 aliphatic carbocycles. The zero-order valence-corrected chi connectivity index (χ0v) is 23.9. The Morgan fingerprint density at radius 3 is 2.17 bits per heavy atom. The van der Waals surface area contributed by atoms with Gasteiger partial charge in [0.2, 0.25) is 0 Å². The number of halogens is 2. The third kappa shape index (κ3) is 8.52. The van der Waals surface area contributed by atoms with Gasteiger partial charge in [0, 0.05) is 18.0 Å². The van der Waals surface area contributed by atoms with Gasteiger partial charge in [-0.15, -0.1) is 0 Å². The number of carbonyl (C=O) groups is 2. The normalized spacial score (nSPS) is 11.3. The van der Waals surface area contributed by atoms with Crippen LogP contribution in [-0.4, -0.2) is 39.9 Å². The number of fused-ring (bicyclic) bond motifs is 1. The van der Waals surface area contributed by atoms with Crippen molar-refractivity contribution in [1.82, 2.24) is 4.57 Å². The molecule has 0 aliphatic rings. The molecule has 41 heavy (non-hydrogen) atoms. The van der Waals surface area contributed by atoms with Crippen molar-refractivity contribution in [3.63, 3.8) is 0 Å². The van der Waals surface area contributed by atoms with Gasteiger partial charge in [-0.1, -0.05) is 71.8 Å². The van der Waals surface area contributed by atoms with Crippen molar-refractivity contribution in [2.24, 2.45) is 0 Å². The molecular weight excluding hydrogens is 565 g/mol. The van der Waals surface area contributed by atoms with Crippen molar-refractivity contribution in [3.05, 3.63) is 93.6 Å². The Hall–Kier alpha value is -3.94. The van der Waals surface area contributed by atoms with Crippen LogP contribution in [0.2, 0.25) is 10.0 Å². The van der Waals surface area contributed by atoms with E-state index in [-0.39, 0.29) is 13.0 Å². The lowest BCUT2D eigenvalue weighted by Crippen LogP contribution is -2.07. The first-order valence-electron chi connectivity index (χ1n) is 13.3. The van der Waals surface area contributed by atoms with Crippen molar-refractivity contribution < 1.29 is 29.3 Å². The van der Waals surface area contributed by atoms with Crippen LogP contribution in [0, 0.1) is 0 Å². The van der Waals surface area contributed by atoms with Crippen LogP contribution in [0.5, 0.6) is 11.5 Å². The second-order valence-corrected chi connectivity index (χ2v) is 10.3. The number of rotatable bonds is 15. The SMILES string of the molecule is O=C(O)CCCc1cn(CC(=O)O)c2c(/C=C/c3ccc(OCCCCOc4c(Cl)cccc4Cl)cc3)cccc12. The highest BCUT2D eigenvalue weighted by atomic mass is 35.5. The Kier molecular flexibility index (Phi) is 10.7. The van der Waals surface area contributed by atoms with Gasteiger partial charge < -0.3 is 24.3 Å². The average Bonchev–Trinajstić information content (AvgIpc) is 3.28. The molecular formula is C32H31Cl2NO6. The zero-order chi connectivity index (χ0) is 29.2. The van der Waals surface area contributed by atoms with Crippen molar-refractivity contribution in [2.75, 3.05) is 13.2 Å². The van der Waals surface area contributed by atoms with Crippen LogP contribution in [-0.2, 0) is 22.6 Å². The number of aryl methyl sites for hydroxylation is 1. The van der Waals surface area contributed by atoms with E-state index in [1.54, 1.807) is 22.8 Å². The van der Waals surface area contributed by atoms with Gasteiger partial charge in [0.15, 0.2) is 5.75 Å². The van der Waals surface area contributed by atoms with Gasteiger partial charge in [0.25, 0.3) is 0 Å². The minimum atomic E-state index is -0.939. The quantitative estimate of drug-likeness (QED) is 0.107. The maximum Gasteiger partial charge on any atom is 0.323 e. The Morgan fingerprint density at radius 2 is 1.49 bits per heavy atom. The number of hydrogen-bond donors (Lipinski definition) is 2. The Morgan fingerprint density at radius 1 is 0.805 bits per heavy atom. The second kappa shape index (κ2) is 14.6. The highest BCUT2D eigenvalue weighted by molar-refractivity contribution is 6.37.